The van der Waals surface area contributed by atoms with Crippen LogP contribution in [0.2, 0.25) is 0 Å². The van der Waals surface area contributed by atoms with Crippen molar-refractivity contribution >= 4 is 17.6 Å². The van der Waals surface area contributed by atoms with Crippen LogP contribution in [0.15, 0.2) is 24.3 Å². The molecule has 4 rings (SSSR count). The molecular formula is C12H12N2O3. The zero-order chi connectivity index (χ0) is 12.0. The molecule has 0 spiro atoms. The highest BCUT2D eigenvalue weighted by atomic mass is 16.4. The van der Waals surface area contributed by atoms with Gasteiger partial charge in [0.05, 0.1) is 11.6 Å². The number of nitrogens with one attached hydrogen (secondary N) is 1. The minimum atomic E-state index is -0.953. The van der Waals surface area contributed by atoms with E-state index in [2.05, 4.69) is 5.32 Å². The second kappa shape index (κ2) is 3.56. The molecule has 0 saturated carbocycles. The second-order valence-corrected chi connectivity index (χ2v) is 4.45. The molecule has 17 heavy (non-hydrogen) atoms. The monoisotopic (exact) mass is 232 g/mol. The molecule has 88 valence electrons. The van der Waals surface area contributed by atoms with E-state index in [0.717, 1.165) is 12.1 Å². The normalized spacial score (nSPS) is 26.6. The van der Waals surface area contributed by atoms with Crippen molar-refractivity contribution in [1.82, 2.24) is 5.32 Å². The molecule has 3 aliphatic rings. The molecule has 3 fully saturated rings. The van der Waals surface area contributed by atoms with Crippen molar-refractivity contribution in [3.8, 4) is 0 Å². The molecule has 1 aromatic carbocycles. The third-order valence-electron chi connectivity index (χ3n) is 3.35. The van der Waals surface area contributed by atoms with E-state index in [9.17, 15) is 9.59 Å². The molecule has 5 heteroatoms. The number of hydrogen-bond acceptors (Lipinski definition) is 3. The molecule has 5 nitrogen and oxygen atoms in total. The van der Waals surface area contributed by atoms with Gasteiger partial charge in [-0.1, -0.05) is 0 Å². The molecule has 2 bridgehead atoms. The maximum atomic E-state index is 11.9. The fraction of sp³-hybridized carbons (Fsp3) is 0.333. The molecule has 0 radical (unpaired) electrons. The van der Waals surface area contributed by atoms with Gasteiger partial charge in [-0.05, 0) is 30.7 Å². The third kappa shape index (κ3) is 1.59. The molecular weight excluding hydrogens is 220 g/mol. The SMILES string of the molecule is O=C(O)c1ccc(N2CC3CC(N3)C2=O)cc1. The summed E-state index contributed by atoms with van der Waals surface area (Å²) in [6.07, 6.45) is 0.919. The van der Waals surface area contributed by atoms with Crippen molar-refractivity contribution in [2.75, 3.05) is 11.4 Å². The molecule has 1 aromatic rings. The van der Waals surface area contributed by atoms with Gasteiger partial charge < -0.3 is 15.3 Å². The van der Waals surface area contributed by atoms with Crippen LogP contribution in [0.4, 0.5) is 5.69 Å². The summed E-state index contributed by atoms with van der Waals surface area (Å²) in [5, 5.41) is 12.0. The topological polar surface area (TPSA) is 69.6 Å². The highest BCUT2D eigenvalue weighted by molar-refractivity contribution is 6.00. The Balaban J connectivity index is 1.84. The van der Waals surface area contributed by atoms with Crippen molar-refractivity contribution in [2.45, 2.75) is 18.5 Å². The Labute approximate surface area is 98.0 Å². The Morgan fingerprint density at radius 1 is 1.35 bits per heavy atom. The maximum Gasteiger partial charge on any atom is 0.335 e. The first kappa shape index (κ1) is 10.3. The van der Waals surface area contributed by atoms with Crippen LogP contribution in [0.1, 0.15) is 16.8 Å². The van der Waals surface area contributed by atoms with Crippen LogP contribution in [0, 0.1) is 0 Å². The van der Waals surface area contributed by atoms with Gasteiger partial charge in [0.15, 0.2) is 0 Å². The van der Waals surface area contributed by atoms with Crippen molar-refractivity contribution in [2.24, 2.45) is 0 Å². The van der Waals surface area contributed by atoms with E-state index in [-0.39, 0.29) is 17.5 Å². The fourth-order valence-electron chi connectivity index (χ4n) is 2.36. The number of carboxylic acids is 1. The Bertz CT molecular complexity index is 477. The minimum absolute atomic E-state index is 0.0482. The van der Waals surface area contributed by atoms with Gasteiger partial charge in [-0.25, -0.2) is 4.79 Å². The molecule has 3 saturated heterocycles. The first-order valence-electron chi connectivity index (χ1n) is 5.56. The summed E-state index contributed by atoms with van der Waals surface area (Å²) in [5.41, 5.74) is 1.01. The second-order valence-electron chi connectivity index (χ2n) is 4.45. The van der Waals surface area contributed by atoms with E-state index < -0.39 is 5.97 Å². The first-order chi connectivity index (χ1) is 8.15. The van der Waals surface area contributed by atoms with Crippen LogP contribution >= 0.6 is 0 Å². The Hall–Kier alpha value is -1.88. The van der Waals surface area contributed by atoms with Gasteiger partial charge in [0.2, 0.25) is 5.91 Å². The number of carbonyl (C=O) groups excluding carboxylic acids is 1. The molecule has 2 N–H and O–H groups in total. The summed E-state index contributed by atoms with van der Waals surface area (Å²) in [7, 11) is 0. The van der Waals surface area contributed by atoms with Crippen LogP contribution in [-0.4, -0.2) is 35.6 Å². The van der Waals surface area contributed by atoms with Crippen LogP contribution in [-0.2, 0) is 4.79 Å². The average Bonchev–Trinajstić information content (AvgIpc) is 2.28. The molecule has 2 unspecified atom stereocenters. The van der Waals surface area contributed by atoms with Gasteiger partial charge in [0.1, 0.15) is 0 Å². The Morgan fingerprint density at radius 3 is 2.53 bits per heavy atom. The van der Waals surface area contributed by atoms with E-state index in [0.29, 0.717) is 12.6 Å². The van der Waals surface area contributed by atoms with E-state index in [1.165, 1.54) is 12.1 Å². The summed E-state index contributed by atoms with van der Waals surface area (Å²) < 4.78 is 0. The lowest BCUT2D eigenvalue weighted by Crippen LogP contribution is -2.70. The van der Waals surface area contributed by atoms with E-state index in [1.807, 2.05) is 0 Å². The van der Waals surface area contributed by atoms with Crippen molar-refractivity contribution in [1.29, 1.82) is 0 Å². The molecule has 0 aliphatic carbocycles. The third-order valence-corrected chi connectivity index (χ3v) is 3.35. The number of benzene rings is 1. The fourth-order valence-corrected chi connectivity index (χ4v) is 2.36. The zero-order valence-electron chi connectivity index (χ0n) is 9.09. The Kier molecular flexibility index (Phi) is 2.16. The predicted molar refractivity (Wildman–Crippen MR) is 61.1 cm³/mol. The van der Waals surface area contributed by atoms with Crippen LogP contribution in [0.5, 0.6) is 0 Å². The van der Waals surface area contributed by atoms with Gasteiger partial charge in [-0.15, -0.1) is 0 Å². The first-order valence-corrected chi connectivity index (χ1v) is 5.56. The van der Waals surface area contributed by atoms with E-state index in [1.54, 1.807) is 17.0 Å². The highest BCUT2D eigenvalue weighted by Gasteiger charge is 2.43. The van der Waals surface area contributed by atoms with Crippen molar-refractivity contribution < 1.29 is 14.7 Å². The summed E-state index contributed by atoms with van der Waals surface area (Å²) in [4.78, 5) is 24.4. The highest BCUT2D eigenvalue weighted by Crippen LogP contribution is 2.27. The van der Waals surface area contributed by atoms with Gasteiger partial charge >= 0.3 is 5.97 Å². The number of piperazine rings is 1. The molecule has 0 aromatic heterocycles. The van der Waals surface area contributed by atoms with Crippen LogP contribution in [0.25, 0.3) is 0 Å². The quantitative estimate of drug-likeness (QED) is 0.777. The van der Waals surface area contributed by atoms with Crippen LogP contribution in [0.3, 0.4) is 0 Å². The standard InChI is InChI=1S/C12H12N2O3/c15-11-10-5-8(13-10)6-14(11)9-3-1-7(2-4-9)12(16)17/h1-4,8,10,13H,5-6H2,(H,16,17). The summed E-state index contributed by atoms with van der Waals surface area (Å²) >= 11 is 0. The smallest absolute Gasteiger partial charge is 0.335 e. The van der Waals surface area contributed by atoms with E-state index in [4.69, 9.17) is 5.11 Å². The van der Waals surface area contributed by atoms with Gasteiger partial charge in [-0.3, -0.25) is 4.79 Å². The van der Waals surface area contributed by atoms with Crippen LogP contribution < -0.4 is 10.2 Å². The Morgan fingerprint density at radius 2 is 2.00 bits per heavy atom. The predicted octanol–water partition coefficient (Wildman–Crippen LogP) is 0.462. The number of amides is 1. The lowest BCUT2D eigenvalue weighted by Gasteiger charge is -2.47. The van der Waals surface area contributed by atoms with Gasteiger partial charge in [-0.2, -0.15) is 0 Å². The van der Waals surface area contributed by atoms with Crippen molar-refractivity contribution in [3.05, 3.63) is 29.8 Å². The average molecular weight is 232 g/mol. The van der Waals surface area contributed by atoms with Gasteiger partial charge in [0, 0.05) is 18.3 Å². The number of rotatable bonds is 2. The number of hydrogen-bond donors (Lipinski definition) is 2. The molecule has 2 atom stereocenters. The number of nitrogens with zero attached hydrogens (tertiary/aromatic N) is 1. The molecule has 1 amide bonds. The maximum absolute atomic E-state index is 11.9. The zero-order valence-corrected chi connectivity index (χ0v) is 9.09. The summed E-state index contributed by atoms with van der Waals surface area (Å²) in [5.74, 6) is -0.874. The van der Waals surface area contributed by atoms with Gasteiger partial charge in [0.25, 0.3) is 0 Å². The number of aromatic carboxylic acids is 1. The summed E-state index contributed by atoms with van der Waals surface area (Å²) in [6.45, 7) is 0.668. The molecule has 3 aliphatic heterocycles. The number of carbonyl (C=O) groups is 2. The number of fused-ring (bicyclic) bond motifs is 2. The number of piperidine rings is 1. The largest absolute Gasteiger partial charge is 0.478 e. The van der Waals surface area contributed by atoms with Crippen molar-refractivity contribution in [3.63, 3.8) is 0 Å². The lowest BCUT2D eigenvalue weighted by atomic mass is 9.90. The number of anilines is 1. The number of carboxylic acid groups (broad SMARTS) is 1. The molecule has 3 heterocycles. The summed E-state index contributed by atoms with van der Waals surface area (Å²) in [6, 6.07) is 6.76. The lowest BCUT2D eigenvalue weighted by molar-refractivity contribution is -0.125. The minimum Gasteiger partial charge on any atom is -0.478 e. The van der Waals surface area contributed by atoms with E-state index >= 15 is 0 Å².